The number of benzene rings is 1. The molecule has 0 aromatic heterocycles. The molecule has 2 heterocycles. The van der Waals surface area contributed by atoms with Gasteiger partial charge in [0.05, 0.1) is 18.5 Å². The second-order valence-electron chi connectivity index (χ2n) is 6.11. The Labute approximate surface area is 137 Å². The molecule has 0 radical (unpaired) electrons. The highest BCUT2D eigenvalue weighted by molar-refractivity contribution is 7.92. The summed E-state index contributed by atoms with van der Waals surface area (Å²) in [5.74, 6) is 0.326. The van der Waals surface area contributed by atoms with Gasteiger partial charge in [-0.2, -0.15) is 0 Å². The molecular formula is C16H22N2O4S. The number of likely N-dealkylation sites (tertiary alicyclic amines) is 1. The lowest BCUT2D eigenvalue weighted by atomic mass is 10.2. The zero-order valence-electron chi connectivity index (χ0n) is 13.3. The van der Waals surface area contributed by atoms with Crippen molar-refractivity contribution in [3.8, 4) is 5.75 Å². The molecule has 0 N–H and O–H groups in total. The van der Waals surface area contributed by atoms with Crippen molar-refractivity contribution in [2.45, 2.75) is 31.8 Å². The molecule has 1 aromatic carbocycles. The molecule has 7 heteroatoms. The van der Waals surface area contributed by atoms with Crippen LogP contribution in [-0.2, 0) is 14.8 Å². The molecule has 2 aliphatic heterocycles. The molecular weight excluding hydrogens is 316 g/mol. The molecule has 0 unspecified atom stereocenters. The van der Waals surface area contributed by atoms with Crippen LogP contribution in [0.2, 0.25) is 0 Å². The van der Waals surface area contributed by atoms with Crippen LogP contribution in [0.3, 0.4) is 0 Å². The van der Waals surface area contributed by atoms with Crippen LogP contribution in [0.4, 0.5) is 5.69 Å². The molecule has 1 amide bonds. The summed E-state index contributed by atoms with van der Waals surface area (Å²) in [7, 11) is -3.46. The summed E-state index contributed by atoms with van der Waals surface area (Å²) in [5, 5.41) is 0. The summed E-state index contributed by atoms with van der Waals surface area (Å²) in [5.41, 5.74) is 0.495. The number of rotatable bonds is 2. The van der Waals surface area contributed by atoms with Crippen LogP contribution in [0, 0.1) is 0 Å². The van der Waals surface area contributed by atoms with Crippen molar-refractivity contribution in [2.24, 2.45) is 0 Å². The van der Waals surface area contributed by atoms with E-state index in [0.717, 1.165) is 45.0 Å². The molecule has 0 bridgehead atoms. The van der Waals surface area contributed by atoms with E-state index >= 15 is 0 Å². The van der Waals surface area contributed by atoms with Gasteiger partial charge in [-0.05, 0) is 25.0 Å². The molecule has 2 aliphatic rings. The Bertz CT molecular complexity index is 681. The second kappa shape index (κ2) is 6.39. The van der Waals surface area contributed by atoms with Gasteiger partial charge in [0.2, 0.25) is 10.0 Å². The summed E-state index contributed by atoms with van der Waals surface area (Å²) in [4.78, 5) is 14.6. The maximum absolute atomic E-state index is 12.8. The third-order valence-corrected chi connectivity index (χ3v) is 5.47. The summed E-state index contributed by atoms with van der Waals surface area (Å²) < 4.78 is 31.3. The molecule has 6 nitrogen and oxygen atoms in total. The number of anilines is 1. The first-order valence-corrected chi connectivity index (χ1v) is 9.84. The van der Waals surface area contributed by atoms with E-state index in [1.807, 2.05) is 4.90 Å². The first-order chi connectivity index (χ1) is 11.0. The van der Waals surface area contributed by atoms with E-state index in [9.17, 15) is 13.2 Å². The topological polar surface area (TPSA) is 66.9 Å². The van der Waals surface area contributed by atoms with E-state index in [0.29, 0.717) is 11.4 Å². The van der Waals surface area contributed by atoms with Crippen molar-refractivity contribution in [3.63, 3.8) is 0 Å². The van der Waals surface area contributed by atoms with Gasteiger partial charge in [-0.25, -0.2) is 8.42 Å². The maximum Gasteiger partial charge on any atom is 0.265 e. The molecule has 126 valence electrons. The van der Waals surface area contributed by atoms with Crippen molar-refractivity contribution >= 4 is 21.6 Å². The van der Waals surface area contributed by atoms with E-state index in [2.05, 4.69) is 0 Å². The standard InChI is InChI=1S/C16H22N2O4S/c1-23(20,21)18-12-15(22-14-9-5-4-8-13(14)18)16(19)17-10-6-2-3-7-11-17/h4-5,8-9,15H,2-3,6-7,10-12H2,1H3/t15-/m1/s1. The van der Waals surface area contributed by atoms with E-state index in [-0.39, 0.29) is 12.5 Å². The maximum atomic E-state index is 12.8. The predicted molar refractivity (Wildman–Crippen MR) is 88.1 cm³/mol. The monoisotopic (exact) mass is 338 g/mol. The zero-order chi connectivity index (χ0) is 16.4. The number of para-hydroxylation sites is 2. The Morgan fingerprint density at radius 3 is 2.43 bits per heavy atom. The number of hydrogen-bond acceptors (Lipinski definition) is 4. The molecule has 0 aliphatic carbocycles. The fourth-order valence-corrected chi connectivity index (χ4v) is 4.05. The first-order valence-electron chi connectivity index (χ1n) is 7.99. The highest BCUT2D eigenvalue weighted by Crippen LogP contribution is 2.35. The first kappa shape index (κ1) is 16.1. The van der Waals surface area contributed by atoms with Crippen molar-refractivity contribution in [1.29, 1.82) is 0 Å². The molecule has 0 spiro atoms. The molecule has 23 heavy (non-hydrogen) atoms. The van der Waals surface area contributed by atoms with E-state index in [1.54, 1.807) is 24.3 Å². The van der Waals surface area contributed by atoms with Gasteiger partial charge in [0.1, 0.15) is 5.75 Å². The number of carbonyl (C=O) groups excluding carboxylic acids is 1. The van der Waals surface area contributed by atoms with Gasteiger partial charge in [-0.3, -0.25) is 9.10 Å². The Morgan fingerprint density at radius 1 is 1.13 bits per heavy atom. The van der Waals surface area contributed by atoms with Crippen molar-refractivity contribution in [3.05, 3.63) is 24.3 Å². The predicted octanol–water partition coefficient (Wildman–Crippen LogP) is 1.62. The Morgan fingerprint density at radius 2 is 1.78 bits per heavy atom. The lowest BCUT2D eigenvalue weighted by molar-refractivity contribution is -0.138. The van der Waals surface area contributed by atoms with Crippen LogP contribution in [-0.4, -0.2) is 51.2 Å². The SMILES string of the molecule is CS(=O)(=O)N1C[C@H](C(=O)N2CCCCCC2)Oc2ccccc21. The van der Waals surface area contributed by atoms with Crippen LogP contribution in [0.5, 0.6) is 5.75 Å². The third kappa shape index (κ3) is 3.44. The molecule has 1 fully saturated rings. The molecule has 1 atom stereocenters. The van der Waals surface area contributed by atoms with Crippen molar-refractivity contribution in [2.75, 3.05) is 30.2 Å². The zero-order valence-corrected chi connectivity index (χ0v) is 14.1. The highest BCUT2D eigenvalue weighted by atomic mass is 32.2. The number of nitrogens with zero attached hydrogens (tertiary/aromatic N) is 2. The number of fused-ring (bicyclic) bond motifs is 1. The average Bonchev–Trinajstić information content (AvgIpc) is 2.81. The average molecular weight is 338 g/mol. The third-order valence-electron chi connectivity index (χ3n) is 4.33. The highest BCUT2D eigenvalue weighted by Gasteiger charge is 2.36. The number of carbonyl (C=O) groups is 1. The largest absolute Gasteiger partial charge is 0.476 e. The molecule has 3 rings (SSSR count). The smallest absolute Gasteiger partial charge is 0.265 e. The summed E-state index contributed by atoms with van der Waals surface area (Å²) in [6.45, 7) is 1.48. The lowest BCUT2D eigenvalue weighted by Gasteiger charge is -2.36. The van der Waals surface area contributed by atoms with Gasteiger partial charge in [-0.15, -0.1) is 0 Å². The van der Waals surface area contributed by atoms with Crippen LogP contribution in [0.25, 0.3) is 0 Å². The quantitative estimate of drug-likeness (QED) is 0.822. The summed E-state index contributed by atoms with van der Waals surface area (Å²) >= 11 is 0. The van der Waals surface area contributed by atoms with E-state index in [4.69, 9.17) is 4.74 Å². The minimum atomic E-state index is -3.46. The summed E-state index contributed by atoms with van der Waals surface area (Å²) in [6, 6.07) is 6.94. The van der Waals surface area contributed by atoms with Gasteiger partial charge in [-0.1, -0.05) is 25.0 Å². The van der Waals surface area contributed by atoms with Gasteiger partial charge in [0.15, 0.2) is 6.10 Å². The molecule has 0 saturated carbocycles. The van der Waals surface area contributed by atoms with Crippen molar-refractivity contribution < 1.29 is 17.9 Å². The fourth-order valence-electron chi connectivity index (χ4n) is 3.14. The number of ether oxygens (including phenoxy) is 1. The second-order valence-corrected chi connectivity index (χ2v) is 8.01. The lowest BCUT2D eigenvalue weighted by Crippen LogP contribution is -2.51. The molecule has 1 aromatic rings. The van der Waals surface area contributed by atoms with Crippen LogP contribution in [0.15, 0.2) is 24.3 Å². The number of hydrogen-bond donors (Lipinski definition) is 0. The van der Waals surface area contributed by atoms with E-state index < -0.39 is 16.1 Å². The van der Waals surface area contributed by atoms with Crippen molar-refractivity contribution in [1.82, 2.24) is 4.90 Å². The minimum Gasteiger partial charge on any atom is -0.476 e. The Kier molecular flexibility index (Phi) is 4.48. The Balaban J connectivity index is 1.86. The van der Waals surface area contributed by atoms with Gasteiger partial charge in [0, 0.05) is 13.1 Å². The van der Waals surface area contributed by atoms with E-state index in [1.165, 1.54) is 4.31 Å². The van der Waals surface area contributed by atoms with Gasteiger partial charge >= 0.3 is 0 Å². The van der Waals surface area contributed by atoms with Gasteiger partial charge < -0.3 is 9.64 Å². The number of amides is 1. The fraction of sp³-hybridized carbons (Fsp3) is 0.562. The minimum absolute atomic E-state index is 0.0329. The Hall–Kier alpha value is -1.76. The van der Waals surface area contributed by atoms with Crippen LogP contribution >= 0.6 is 0 Å². The number of sulfonamides is 1. The summed E-state index contributed by atoms with van der Waals surface area (Å²) in [6.07, 6.45) is 4.62. The van der Waals surface area contributed by atoms with Crippen LogP contribution in [0.1, 0.15) is 25.7 Å². The van der Waals surface area contributed by atoms with Gasteiger partial charge in [0.25, 0.3) is 5.91 Å². The van der Waals surface area contributed by atoms with Crippen LogP contribution < -0.4 is 9.04 Å². The molecule has 1 saturated heterocycles. The normalized spacial score (nSPS) is 22.0.